The van der Waals surface area contributed by atoms with E-state index in [9.17, 15) is 0 Å². The van der Waals surface area contributed by atoms with Crippen LogP contribution in [0, 0.1) is 5.92 Å². The third-order valence-electron chi connectivity index (χ3n) is 2.57. The average Bonchev–Trinajstić information content (AvgIpc) is 2.49. The Bertz CT molecular complexity index is 263. The second-order valence-corrected chi connectivity index (χ2v) is 4.53. The molecule has 1 rings (SSSR count). The molecule has 14 heavy (non-hydrogen) atoms. The highest BCUT2D eigenvalue weighted by Gasteiger charge is 2.03. The van der Waals surface area contributed by atoms with Gasteiger partial charge < -0.3 is 9.47 Å². The zero-order chi connectivity index (χ0) is 10.6. The lowest BCUT2D eigenvalue weighted by atomic mass is 10.1. The normalized spacial score (nSPS) is 11.6. The largest absolute Gasteiger partial charge is 0.353 e. The fraction of sp³-hybridized carbons (Fsp3) is 0.667. The van der Waals surface area contributed by atoms with Crippen molar-refractivity contribution < 1.29 is 0 Å². The van der Waals surface area contributed by atoms with Crippen LogP contribution in [0.1, 0.15) is 26.0 Å². The minimum Gasteiger partial charge on any atom is -0.353 e. The third-order valence-corrected chi connectivity index (χ3v) is 2.57. The number of aromatic nitrogens is 1. The minimum atomic E-state index is 0.797. The molecule has 1 aromatic rings. The molecule has 0 fully saturated rings. The molecule has 2 nitrogen and oxygen atoms in total. The molecule has 0 bridgehead atoms. The SMILES string of the molecule is CC(C)CCN(C)Cc1cccn1C. The minimum absolute atomic E-state index is 0.797. The zero-order valence-electron chi connectivity index (χ0n) is 9.83. The van der Waals surface area contributed by atoms with Crippen LogP contribution >= 0.6 is 0 Å². The van der Waals surface area contributed by atoms with Crippen molar-refractivity contribution in [3.05, 3.63) is 24.0 Å². The summed E-state index contributed by atoms with van der Waals surface area (Å²) in [6, 6.07) is 4.29. The second-order valence-electron chi connectivity index (χ2n) is 4.53. The summed E-state index contributed by atoms with van der Waals surface area (Å²) in [5.41, 5.74) is 1.39. The van der Waals surface area contributed by atoms with Crippen LogP contribution in [0.3, 0.4) is 0 Å². The molecule has 2 heteroatoms. The van der Waals surface area contributed by atoms with Crippen molar-refractivity contribution in [1.82, 2.24) is 9.47 Å². The van der Waals surface area contributed by atoms with Gasteiger partial charge in [-0.3, -0.25) is 0 Å². The average molecular weight is 194 g/mol. The summed E-state index contributed by atoms with van der Waals surface area (Å²) >= 11 is 0. The highest BCUT2D eigenvalue weighted by Crippen LogP contribution is 2.06. The van der Waals surface area contributed by atoms with Crippen molar-refractivity contribution >= 4 is 0 Å². The van der Waals surface area contributed by atoms with Crippen molar-refractivity contribution in [2.24, 2.45) is 13.0 Å². The zero-order valence-corrected chi connectivity index (χ0v) is 9.83. The Morgan fingerprint density at radius 1 is 1.43 bits per heavy atom. The molecule has 1 heterocycles. The van der Waals surface area contributed by atoms with Crippen LogP contribution in [0.5, 0.6) is 0 Å². The third kappa shape index (κ3) is 3.54. The van der Waals surface area contributed by atoms with Crippen LogP contribution in [0.25, 0.3) is 0 Å². The maximum atomic E-state index is 2.38. The Balaban J connectivity index is 2.34. The lowest BCUT2D eigenvalue weighted by Gasteiger charge is -2.18. The lowest BCUT2D eigenvalue weighted by Crippen LogP contribution is -2.21. The standard InChI is InChI=1S/C12H22N2/c1-11(2)7-9-13(3)10-12-6-5-8-14(12)4/h5-6,8,11H,7,9-10H2,1-4H3. The fourth-order valence-electron chi connectivity index (χ4n) is 1.49. The van der Waals surface area contributed by atoms with Gasteiger partial charge in [-0.2, -0.15) is 0 Å². The number of nitrogens with zero attached hydrogens (tertiary/aromatic N) is 2. The van der Waals surface area contributed by atoms with E-state index in [0.29, 0.717) is 0 Å². The van der Waals surface area contributed by atoms with Gasteiger partial charge in [-0.05, 0) is 38.1 Å². The Morgan fingerprint density at radius 2 is 2.14 bits per heavy atom. The molecule has 0 aliphatic heterocycles. The Kier molecular flexibility index (Phi) is 4.21. The first-order valence-corrected chi connectivity index (χ1v) is 5.38. The monoisotopic (exact) mass is 194 g/mol. The summed E-state index contributed by atoms with van der Waals surface area (Å²) in [5.74, 6) is 0.797. The topological polar surface area (TPSA) is 8.17 Å². The van der Waals surface area contributed by atoms with Crippen molar-refractivity contribution in [3.8, 4) is 0 Å². The summed E-state index contributed by atoms with van der Waals surface area (Å²) in [7, 11) is 4.29. The molecule has 0 saturated carbocycles. The molecule has 0 radical (unpaired) electrons. The van der Waals surface area contributed by atoms with Gasteiger partial charge in [-0.1, -0.05) is 13.8 Å². The Morgan fingerprint density at radius 3 is 2.64 bits per heavy atom. The van der Waals surface area contributed by atoms with Gasteiger partial charge in [0.1, 0.15) is 0 Å². The molecule has 0 aromatic carbocycles. The summed E-state index contributed by atoms with van der Waals surface area (Å²) in [6.07, 6.45) is 3.38. The van der Waals surface area contributed by atoms with Gasteiger partial charge in [0.25, 0.3) is 0 Å². The van der Waals surface area contributed by atoms with Crippen molar-refractivity contribution in [3.63, 3.8) is 0 Å². The Hall–Kier alpha value is -0.760. The first-order chi connectivity index (χ1) is 6.59. The van der Waals surface area contributed by atoms with Crippen molar-refractivity contribution in [2.45, 2.75) is 26.8 Å². The highest BCUT2D eigenvalue weighted by atomic mass is 15.1. The number of rotatable bonds is 5. The van der Waals surface area contributed by atoms with Gasteiger partial charge in [-0.25, -0.2) is 0 Å². The first kappa shape index (κ1) is 11.3. The van der Waals surface area contributed by atoms with E-state index in [1.807, 2.05) is 0 Å². The van der Waals surface area contributed by atoms with Gasteiger partial charge >= 0.3 is 0 Å². The summed E-state index contributed by atoms with van der Waals surface area (Å²) in [4.78, 5) is 2.38. The quantitative estimate of drug-likeness (QED) is 0.699. The molecule has 0 spiro atoms. The van der Waals surface area contributed by atoms with Crippen molar-refractivity contribution in [1.29, 1.82) is 0 Å². The number of hydrogen-bond donors (Lipinski definition) is 0. The van der Waals surface area contributed by atoms with E-state index in [4.69, 9.17) is 0 Å². The molecule has 0 aliphatic carbocycles. The molecular formula is C12H22N2. The lowest BCUT2D eigenvalue weighted by molar-refractivity contribution is 0.297. The van der Waals surface area contributed by atoms with Crippen LogP contribution in [0.4, 0.5) is 0 Å². The van der Waals surface area contributed by atoms with E-state index in [-0.39, 0.29) is 0 Å². The van der Waals surface area contributed by atoms with Crippen molar-refractivity contribution in [2.75, 3.05) is 13.6 Å². The summed E-state index contributed by atoms with van der Waals surface area (Å²) in [6.45, 7) is 6.78. The van der Waals surface area contributed by atoms with Gasteiger partial charge in [0, 0.05) is 25.5 Å². The summed E-state index contributed by atoms with van der Waals surface area (Å²) < 4.78 is 2.19. The van der Waals surface area contributed by atoms with Gasteiger partial charge in [0.15, 0.2) is 0 Å². The second kappa shape index (κ2) is 5.20. The molecule has 0 atom stereocenters. The van der Waals surface area contributed by atoms with Crippen LogP contribution in [-0.2, 0) is 13.6 Å². The van der Waals surface area contributed by atoms with Gasteiger partial charge in [0.2, 0.25) is 0 Å². The van der Waals surface area contributed by atoms with Crippen LogP contribution < -0.4 is 0 Å². The van der Waals surface area contributed by atoms with E-state index < -0.39 is 0 Å². The number of aryl methyl sites for hydroxylation is 1. The summed E-state index contributed by atoms with van der Waals surface area (Å²) in [5, 5.41) is 0. The van der Waals surface area contributed by atoms with Gasteiger partial charge in [0.05, 0.1) is 0 Å². The molecule has 0 saturated heterocycles. The molecule has 0 aliphatic rings. The molecule has 80 valence electrons. The Labute approximate surface area is 87.5 Å². The molecule has 1 aromatic heterocycles. The van der Waals surface area contributed by atoms with Crippen LogP contribution in [0.2, 0.25) is 0 Å². The highest BCUT2D eigenvalue weighted by molar-refractivity contribution is 5.05. The smallest absolute Gasteiger partial charge is 0.0383 e. The fourth-order valence-corrected chi connectivity index (χ4v) is 1.49. The molecular weight excluding hydrogens is 172 g/mol. The van der Waals surface area contributed by atoms with E-state index in [1.165, 1.54) is 18.7 Å². The number of hydrogen-bond acceptors (Lipinski definition) is 1. The predicted octanol–water partition coefficient (Wildman–Crippen LogP) is 2.50. The first-order valence-electron chi connectivity index (χ1n) is 5.38. The maximum Gasteiger partial charge on any atom is 0.0383 e. The maximum absolute atomic E-state index is 2.38. The van der Waals surface area contributed by atoms with Crippen LogP contribution in [0.15, 0.2) is 18.3 Å². The van der Waals surface area contributed by atoms with E-state index >= 15 is 0 Å². The molecule has 0 unspecified atom stereocenters. The van der Waals surface area contributed by atoms with Crippen LogP contribution in [-0.4, -0.2) is 23.1 Å². The van der Waals surface area contributed by atoms with E-state index in [1.54, 1.807) is 0 Å². The molecule has 0 amide bonds. The van der Waals surface area contributed by atoms with E-state index in [2.05, 4.69) is 55.7 Å². The molecule has 0 N–H and O–H groups in total. The predicted molar refractivity (Wildman–Crippen MR) is 61.2 cm³/mol. The van der Waals surface area contributed by atoms with E-state index in [0.717, 1.165) is 12.5 Å². The van der Waals surface area contributed by atoms with Gasteiger partial charge in [-0.15, -0.1) is 0 Å².